The van der Waals surface area contributed by atoms with E-state index in [1.807, 2.05) is 11.8 Å². The summed E-state index contributed by atoms with van der Waals surface area (Å²) in [5.41, 5.74) is 1.21. The number of carbonyl (C=O) groups excluding carboxylic acids is 1. The van der Waals surface area contributed by atoms with Crippen LogP contribution in [0.2, 0.25) is 0 Å². The molecule has 1 aromatic carbocycles. The predicted octanol–water partition coefficient (Wildman–Crippen LogP) is 3.18. The van der Waals surface area contributed by atoms with Gasteiger partial charge in [0.15, 0.2) is 6.61 Å². The van der Waals surface area contributed by atoms with Crippen LogP contribution in [0.4, 0.5) is 5.69 Å². The van der Waals surface area contributed by atoms with Crippen molar-refractivity contribution in [3.8, 4) is 5.75 Å². The molecule has 1 amide bonds. The molecule has 3 rings (SSSR count). The third kappa shape index (κ3) is 3.19. The summed E-state index contributed by atoms with van der Waals surface area (Å²) in [7, 11) is 0. The number of ether oxygens (including phenoxy) is 1. The van der Waals surface area contributed by atoms with Crippen LogP contribution in [0.25, 0.3) is 0 Å². The monoisotopic (exact) mass is 332 g/mol. The van der Waals surface area contributed by atoms with E-state index < -0.39 is 4.92 Å². The molecule has 0 N–H and O–H groups in total. The number of fused-ring (bicyclic) bond motifs is 1. The highest BCUT2D eigenvalue weighted by molar-refractivity contribution is 7.10. The molecular weight excluding hydrogens is 316 g/mol. The fourth-order valence-electron chi connectivity index (χ4n) is 2.74. The Morgan fingerprint density at radius 3 is 2.83 bits per heavy atom. The minimum absolute atomic E-state index is 0.00156. The second-order valence-corrected chi connectivity index (χ2v) is 6.35. The van der Waals surface area contributed by atoms with Gasteiger partial charge < -0.3 is 9.64 Å². The van der Waals surface area contributed by atoms with E-state index in [4.69, 9.17) is 4.74 Å². The number of amides is 1. The van der Waals surface area contributed by atoms with Gasteiger partial charge >= 0.3 is 0 Å². The minimum atomic E-state index is -0.469. The fourth-order valence-corrected chi connectivity index (χ4v) is 3.70. The summed E-state index contributed by atoms with van der Waals surface area (Å²) in [6.07, 6.45) is 0.876. The molecule has 7 heteroatoms. The molecule has 120 valence electrons. The number of carbonyl (C=O) groups is 1. The predicted molar refractivity (Wildman–Crippen MR) is 86.7 cm³/mol. The van der Waals surface area contributed by atoms with Crippen LogP contribution in [0, 0.1) is 10.1 Å². The number of thiophene rings is 1. The minimum Gasteiger partial charge on any atom is -0.484 e. The lowest BCUT2D eigenvalue weighted by atomic mass is 10.0. The van der Waals surface area contributed by atoms with Crippen LogP contribution in [-0.2, 0) is 11.2 Å². The molecule has 1 aliphatic heterocycles. The Hall–Kier alpha value is -2.41. The van der Waals surface area contributed by atoms with Gasteiger partial charge in [0.1, 0.15) is 5.75 Å². The molecule has 6 nitrogen and oxygen atoms in total. The highest BCUT2D eigenvalue weighted by Crippen LogP contribution is 2.32. The number of hydrogen-bond donors (Lipinski definition) is 0. The van der Waals surface area contributed by atoms with Gasteiger partial charge in [0, 0.05) is 23.6 Å². The number of nitrogens with zero attached hydrogens (tertiary/aromatic N) is 2. The quantitative estimate of drug-likeness (QED) is 0.637. The van der Waals surface area contributed by atoms with Crippen LogP contribution >= 0.6 is 11.3 Å². The Balaban J connectivity index is 1.60. The van der Waals surface area contributed by atoms with Gasteiger partial charge in [-0.3, -0.25) is 14.9 Å². The summed E-state index contributed by atoms with van der Waals surface area (Å²) >= 11 is 1.73. The maximum atomic E-state index is 12.4. The second-order valence-electron chi connectivity index (χ2n) is 5.35. The van der Waals surface area contributed by atoms with Gasteiger partial charge in [-0.05, 0) is 42.5 Å². The molecule has 2 aromatic rings. The van der Waals surface area contributed by atoms with Gasteiger partial charge in [0.25, 0.3) is 11.6 Å². The van der Waals surface area contributed by atoms with Crippen molar-refractivity contribution in [3.63, 3.8) is 0 Å². The Labute approximate surface area is 137 Å². The van der Waals surface area contributed by atoms with Crippen molar-refractivity contribution in [3.05, 3.63) is 56.3 Å². The molecule has 1 unspecified atom stereocenters. The average molecular weight is 332 g/mol. The maximum absolute atomic E-state index is 12.4. The van der Waals surface area contributed by atoms with Crippen molar-refractivity contribution in [2.45, 2.75) is 19.4 Å². The molecule has 0 saturated carbocycles. The molecule has 0 fully saturated rings. The highest BCUT2D eigenvalue weighted by atomic mass is 32.1. The molecule has 1 atom stereocenters. The normalized spacial score (nSPS) is 16.7. The van der Waals surface area contributed by atoms with E-state index >= 15 is 0 Å². The van der Waals surface area contributed by atoms with Gasteiger partial charge in [-0.25, -0.2) is 0 Å². The van der Waals surface area contributed by atoms with Crippen LogP contribution in [0.3, 0.4) is 0 Å². The first-order valence-corrected chi connectivity index (χ1v) is 8.17. The lowest BCUT2D eigenvalue weighted by Crippen LogP contribution is -2.40. The molecule has 0 radical (unpaired) electrons. The SMILES string of the molecule is CC1c2ccsc2CCN1C(=O)COc1ccc([N+](=O)[O-])cc1. The van der Waals surface area contributed by atoms with Crippen LogP contribution < -0.4 is 4.74 Å². The average Bonchev–Trinajstić information content (AvgIpc) is 3.03. The van der Waals surface area contributed by atoms with E-state index in [1.165, 1.54) is 34.7 Å². The van der Waals surface area contributed by atoms with E-state index in [9.17, 15) is 14.9 Å². The van der Waals surface area contributed by atoms with Crippen LogP contribution in [0.5, 0.6) is 5.75 Å². The van der Waals surface area contributed by atoms with Gasteiger partial charge in [0.2, 0.25) is 0 Å². The van der Waals surface area contributed by atoms with Crippen molar-refractivity contribution < 1.29 is 14.5 Å². The van der Waals surface area contributed by atoms with E-state index in [2.05, 4.69) is 11.4 Å². The lowest BCUT2D eigenvalue weighted by Gasteiger charge is -2.33. The van der Waals surface area contributed by atoms with Crippen molar-refractivity contribution >= 4 is 22.9 Å². The van der Waals surface area contributed by atoms with Gasteiger partial charge in [0.05, 0.1) is 11.0 Å². The molecular formula is C16H16N2O4S. The number of rotatable bonds is 4. The number of benzene rings is 1. The zero-order chi connectivity index (χ0) is 16.4. The molecule has 1 aromatic heterocycles. The standard InChI is InChI=1S/C16H16N2O4S/c1-11-14-7-9-23-15(14)6-8-17(11)16(19)10-22-13-4-2-12(3-5-13)18(20)21/h2-5,7,9,11H,6,8,10H2,1H3. The van der Waals surface area contributed by atoms with Crippen LogP contribution in [0.1, 0.15) is 23.4 Å². The van der Waals surface area contributed by atoms with Crippen molar-refractivity contribution in [2.75, 3.05) is 13.2 Å². The summed E-state index contributed by atoms with van der Waals surface area (Å²) < 4.78 is 5.46. The van der Waals surface area contributed by atoms with Crippen molar-refractivity contribution in [1.82, 2.24) is 4.90 Å². The Kier molecular flexibility index (Phi) is 4.29. The Morgan fingerprint density at radius 2 is 2.13 bits per heavy atom. The molecule has 0 saturated heterocycles. The first kappa shape index (κ1) is 15.5. The van der Waals surface area contributed by atoms with Crippen LogP contribution in [0.15, 0.2) is 35.7 Å². The number of hydrogen-bond acceptors (Lipinski definition) is 5. The van der Waals surface area contributed by atoms with E-state index in [1.54, 1.807) is 11.3 Å². The van der Waals surface area contributed by atoms with E-state index in [-0.39, 0.29) is 24.2 Å². The zero-order valence-electron chi connectivity index (χ0n) is 12.6. The molecule has 23 heavy (non-hydrogen) atoms. The number of non-ortho nitro benzene ring substituents is 1. The topological polar surface area (TPSA) is 72.7 Å². The van der Waals surface area contributed by atoms with Gasteiger partial charge in [-0.2, -0.15) is 0 Å². The molecule has 1 aliphatic rings. The Morgan fingerprint density at radius 1 is 1.39 bits per heavy atom. The molecule has 0 aliphatic carbocycles. The summed E-state index contributed by atoms with van der Waals surface area (Å²) in [5, 5.41) is 12.7. The maximum Gasteiger partial charge on any atom is 0.269 e. The van der Waals surface area contributed by atoms with Crippen molar-refractivity contribution in [1.29, 1.82) is 0 Å². The van der Waals surface area contributed by atoms with Crippen LogP contribution in [-0.4, -0.2) is 28.9 Å². The van der Waals surface area contributed by atoms with Crippen molar-refractivity contribution in [2.24, 2.45) is 0 Å². The summed E-state index contributed by atoms with van der Waals surface area (Å²) in [6, 6.07) is 7.85. The van der Waals surface area contributed by atoms with E-state index in [0.29, 0.717) is 12.3 Å². The smallest absolute Gasteiger partial charge is 0.269 e. The highest BCUT2D eigenvalue weighted by Gasteiger charge is 2.28. The summed E-state index contributed by atoms with van der Waals surface area (Å²) in [6.45, 7) is 2.65. The summed E-state index contributed by atoms with van der Waals surface area (Å²) in [4.78, 5) is 25.7. The molecule has 2 heterocycles. The summed E-state index contributed by atoms with van der Waals surface area (Å²) in [5.74, 6) is 0.373. The number of nitro groups is 1. The second kappa shape index (κ2) is 6.37. The van der Waals surface area contributed by atoms with E-state index in [0.717, 1.165) is 6.42 Å². The molecule has 0 bridgehead atoms. The first-order valence-electron chi connectivity index (χ1n) is 7.29. The Bertz CT molecular complexity index is 726. The number of nitro benzene ring substituents is 1. The van der Waals surface area contributed by atoms with Gasteiger partial charge in [-0.15, -0.1) is 11.3 Å². The van der Waals surface area contributed by atoms with Gasteiger partial charge in [-0.1, -0.05) is 0 Å². The lowest BCUT2D eigenvalue weighted by molar-refractivity contribution is -0.384. The fraction of sp³-hybridized carbons (Fsp3) is 0.312. The molecule has 0 spiro atoms. The first-order chi connectivity index (χ1) is 11.1. The zero-order valence-corrected chi connectivity index (χ0v) is 13.4. The third-order valence-corrected chi connectivity index (χ3v) is 5.00. The third-order valence-electron chi connectivity index (χ3n) is 4.01. The largest absolute Gasteiger partial charge is 0.484 e.